The van der Waals surface area contributed by atoms with Crippen molar-refractivity contribution in [3.8, 4) is 5.75 Å². The first-order valence-electron chi connectivity index (χ1n) is 4.16. The van der Waals surface area contributed by atoms with E-state index in [0.717, 1.165) is 10.9 Å². The van der Waals surface area contributed by atoms with Gasteiger partial charge in [0.15, 0.2) is 0 Å². The molecule has 1 heterocycles. The smallest absolute Gasteiger partial charge is 0.116 e. The standard InChI is InChI=1S/C9H11N3O/c10-3-4-12-6-7-5-8(13)1-2-9(7)11-12/h1-2,5-6,13H,3-4,10H2. The van der Waals surface area contributed by atoms with Crippen molar-refractivity contribution in [3.05, 3.63) is 24.4 Å². The van der Waals surface area contributed by atoms with E-state index >= 15 is 0 Å². The van der Waals surface area contributed by atoms with Crippen LogP contribution in [-0.2, 0) is 6.54 Å². The topological polar surface area (TPSA) is 64.1 Å². The molecule has 0 fully saturated rings. The molecule has 0 bridgehead atoms. The highest BCUT2D eigenvalue weighted by Gasteiger charge is 1.99. The molecule has 1 aromatic heterocycles. The molecule has 0 atom stereocenters. The lowest BCUT2D eigenvalue weighted by Crippen LogP contribution is -2.09. The Bertz CT molecular complexity index is 422. The number of aromatic nitrogens is 2. The van der Waals surface area contributed by atoms with Crippen molar-refractivity contribution in [2.75, 3.05) is 6.54 Å². The molecule has 2 aromatic rings. The third-order valence-corrected chi connectivity index (χ3v) is 1.89. The van der Waals surface area contributed by atoms with Gasteiger partial charge >= 0.3 is 0 Å². The highest BCUT2D eigenvalue weighted by Crippen LogP contribution is 2.17. The third-order valence-electron chi connectivity index (χ3n) is 1.89. The van der Waals surface area contributed by atoms with Gasteiger partial charge in [0.25, 0.3) is 0 Å². The van der Waals surface area contributed by atoms with E-state index in [0.29, 0.717) is 13.1 Å². The maximum atomic E-state index is 9.21. The van der Waals surface area contributed by atoms with Gasteiger partial charge in [0.2, 0.25) is 0 Å². The van der Waals surface area contributed by atoms with E-state index in [1.54, 1.807) is 22.9 Å². The van der Waals surface area contributed by atoms with Crippen LogP contribution in [0.2, 0.25) is 0 Å². The normalized spacial score (nSPS) is 10.8. The van der Waals surface area contributed by atoms with Gasteiger partial charge in [-0.2, -0.15) is 5.10 Å². The first-order valence-corrected chi connectivity index (χ1v) is 4.16. The maximum Gasteiger partial charge on any atom is 0.116 e. The number of fused-ring (bicyclic) bond motifs is 1. The van der Waals surface area contributed by atoms with Gasteiger partial charge in [-0.25, -0.2) is 0 Å². The van der Waals surface area contributed by atoms with Crippen molar-refractivity contribution >= 4 is 10.9 Å². The number of hydrogen-bond acceptors (Lipinski definition) is 3. The zero-order chi connectivity index (χ0) is 9.26. The summed E-state index contributed by atoms with van der Waals surface area (Å²) < 4.78 is 1.78. The predicted molar refractivity (Wildman–Crippen MR) is 50.5 cm³/mol. The molecule has 0 radical (unpaired) electrons. The minimum atomic E-state index is 0.264. The molecule has 4 nitrogen and oxygen atoms in total. The van der Waals surface area contributed by atoms with Crippen molar-refractivity contribution < 1.29 is 5.11 Å². The summed E-state index contributed by atoms with van der Waals surface area (Å²) in [7, 11) is 0. The van der Waals surface area contributed by atoms with Crippen LogP contribution in [0.15, 0.2) is 24.4 Å². The van der Waals surface area contributed by atoms with Gasteiger partial charge in [-0.3, -0.25) is 4.68 Å². The number of phenols is 1. The average Bonchev–Trinajstić information content (AvgIpc) is 2.46. The van der Waals surface area contributed by atoms with Gasteiger partial charge in [-0.15, -0.1) is 0 Å². The minimum absolute atomic E-state index is 0.264. The molecule has 0 aliphatic rings. The molecule has 0 aliphatic carbocycles. The Morgan fingerprint density at radius 2 is 2.31 bits per heavy atom. The molecule has 0 amide bonds. The number of nitrogens with zero attached hydrogens (tertiary/aromatic N) is 2. The Morgan fingerprint density at radius 1 is 1.46 bits per heavy atom. The summed E-state index contributed by atoms with van der Waals surface area (Å²) in [5, 5.41) is 14.4. The van der Waals surface area contributed by atoms with Crippen LogP contribution in [0.5, 0.6) is 5.75 Å². The Labute approximate surface area is 75.6 Å². The summed E-state index contributed by atoms with van der Waals surface area (Å²) >= 11 is 0. The molecular formula is C9H11N3O. The van der Waals surface area contributed by atoms with Crippen LogP contribution in [0.25, 0.3) is 10.9 Å². The Morgan fingerprint density at radius 3 is 3.08 bits per heavy atom. The van der Waals surface area contributed by atoms with Crippen LogP contribution in [0, 0.1) is 0 Å². The third kappa shape index (κ3) is 1.48. The van der Waals surface area contributed by atoms with E-state index in [2.05, 4.69) is 5.10 Å². The van der Waals surface area contributed by atoms with Gasteiger partial charge in [0, 0.05) is 18.1 Å². The molecule has 0 aliphatic heterocycles. The van der Waals surface area contributed by atoms with Crippen molar-refractivity contribution in [1.82, 2.24) is 9.78 Å². The zero-order valence-electron chi connectivity index (χ0n) is 7.14. The molecule has 0 unspecified atom stereocenters. The van der Waals surface area contributed by atoms with Gasteiger partial charge in [-0.1, -0.05) is 0 Å². The fraction of sp³-hybridized carbons (Fsp3) is 0.222. The Kier molecular flexibility index (Phi) is 1.90. The van der Waals surface area contributed by atoms with Crippen molar-refractivity contribution in [2.24, 2.45) is 5.73 Å². The van der Waals surface area contributed by atoms with Crippen LogP contribution in [0.4, 0.5) is 0 Å². The summed E-state index contributed by atoms with van der Waals surface area (Å²) in [6, 6.07) is 5.11. The van der Waals surface area contributed by atoms with Crippen molar-refractivity contribution in [1.29, 1.82) is 0 Å². The summed E-state index contributed by atoms with van der Waals surface area (Å²) in [5.41, 5.74) is 6.28. The Hall–Kier alpha value is -1.55. The second kappa shape index (κ2) is 3.06. The summed E-state index contributed by atoms with van der Waals surface area (Å²) in [5.74, 6) is 0.264. The van der Waals surface area contributed by atoms with Crippen LogP contribution in [0.3, 0.4) is 0 Å². The van der Waals surface area contributed by atoms with Crippen molar-refractivity contribution in [3.63, 3.8) is 0 Å². The largest absolute Gasteiger partial charge is 0.508 e. The van der Waals surface area contributed by atoms with Gasteiger partial charge in [0.05, 0.1) is 12.1 Å². The maximum absolute atomic E-state index is 9.21. The van der Waals surface area contributed by atoms with Gasteiger partial charge in [0.1, 0.15) is 5.75 Å². The number of hydrogen-bond donors (Lipinski definition) is 2. The zero-order valence-corrected chi connectivity index (χ0v) is 7.14. The minimum Gasteiger partial charge on any atom is -0.508 e. The van der Waals surface area contributed by atoms with Crippen LogP contribution < -0.4 is 5.73 Å². The second-order valence-electron chi connectivity index (χ2n) is 2.92. The number of phenolic OH excluding ortho intramolecular Hbond substituents is 1. The predicted octanol–water partition coefficient (Wildman–Crippen LogP) is 0.701. The van der Waals surface area contributed by atoms with E-state index in [4.69, 9.17) is 5.73 Å². The molecule has 1 aromatic carbocycles. The molecule has 3 N–H and O–H groups in total. The van der Waals surface area contributed by atoms with Gasteiger partial charge < -0.3 is 10.8 Å². The van der Waals surface area contributed by atoms with Crippen LogP contribution in [0.1, 0.15) is 0 Å². The summed E-state index contributed by atoms with van der Waals surface area (Å²) in [6.07, 6.45) is 1.88. The second-order valence-corrected chi connectivity index (χ2v) is 2.92. The lowest BCUT2D eigenvalue weighted by Gasteiger charge is -1.93. The summed E-state index contributed by atoms with van der Waals surface area (Å²) in [4.78, 5) is 0. The fourth-order valence-corrected chi connectivity index (χ4v) is 1.31. The van der Waals surface area contributed by atoms with E-state index < -0.39 is 0 Å². The number of benzene rings is 1. The molecule has 2 rings (SSSR count). The lowest BCUT2D eigenvalue weighted by atomic mass is 10.2. The lowest BCUT2D eigenvalue weighted by molar-refractivity contribution is 0.476. The average molecular weight is 177 g/mol. The number of rotatable bonds is 2. The van der Waals surface area contributed by atoms with Crippen LogP contribution >= 0.6 is 0 Å². The van der Waals surface area contributed by atoms with E-state index in [9.17, 15) is 5.11 Å². The Balaban J connectivity index is 2.49. The molecular weight excluding hydrogens is 166 g/mol. The fourth-order valence-electron chi connectivity index (χ4n) is 1.31. The van der Waals surface area contributed by atoms with Gasteiger partial charge in [-0.05, 0) is 18.2 Å². The monoisotopic (exact) mass is 177 g/mol. The van der Waals surface area contributed by atoms with E-state index in [-0.39, 0.29) is 5.75 Å². The SMILES string of the molecule is NCCn1cc2cc(O)ccc2n1. The van der Waals surface area contributed by atoms with Crippen LogP contribution in [-0.4, -0.2) is 21.4 Å². The first kappa shape index (κ1) is 8.07. The quantitative estimate of drug-likeness (QED) is 0.709. The number of nitrogens with two attached hydrogens (primary N) is 1. The molecule has 0 spiro atoms. The molecule has 68 valence electrons. The highest BCUT2D eigenvalue weighted by molar-refractivity contribution is 5.79. The molecule has 13 heavy (non-hydrogen) atoms. The highest BCUT2D eigenvalue weighted by atomic mass is 16.3. The first-order chi connectivity index (χ1) is 6.29. The molecule has 4 heteroatoms. The molecule has 0 saturated carbocycles. The van der Waals surface area contributed by atoms with E-state index in [1.165, 1.54) is 0 Å². The summed E-state index contributed by atoms with van der Waals surface area (Å²) in [6.45, 7) is 1.27. The van der Waals surface area contributed by atoms with E-state index in [1.807, 2.05) is 6.20 Å². The van der Waals surface area contributed by atoms with Crippen molar-refractivity contribution in [2.45, 2.75) is 6.54 Å². The number of aromatic hydroxyl groups is 1. The molecule has 0 saturated heterocycles.